The second-order valence-electron chi connectivity index (χ2n) is 6.70. The number of ether oxygens (including phenoxy) is 2. The number of hydrogen-bond donors (Lipinski definition) is 1. The molecule has 156 valence electrons. The predicted octanol–water partition coefficient (Wildman–Crippen LogP) is 5.41. The summed E-state index contributed by atoms with van der Waals surface area (Å²) in [6.45, 7) is 0. The topological polar surface area (TPSA) is 65.4 Å². The molecule has 31 heavy (non-hydrogen) atoms. The number of carbonyl (C=O) groups excluding carboxylic acids is 1. The first kappa shape index (κ1) is 20.9. The molecule has 4 aromatic rings. The third-order valence-electron chi connectivity index (χ3n) is 4.74. The molecule has 0 radical (unpaired) electrons. The van der Waals surface area contributed by atoms with Gasteiger partial charge in [0.05, 0.1) is 25.5 Å². The SMILES string of the molecule is COc1ccc(-c2nn(-c3ccccc3)cc2C(=O)Nc2ccc(I)cc2)cc1OC. The average molecular weight is 525 g/mol. The van der Waals surface area contributed by atoms with Crippen LogP contribution < -0.4 is 14.8 Å². The van der Waals surface area contributed by atoms with Gasteiger partial charge < -0.3 is 14.8 Å². The Morgan fingerprint density at radius 1 is 0.935 bits per heavy atom. The van der Waals surface area contributed by atoms with E-state index in [4.69, 9.17) is 14.6 Å². The van der Waals surface area contributed by atoms with Crippen LogP contribution in [0.4, 0.5) is 5.69 Å². The summed E-state index contributed by atoms with van der Waals surface area (Å²) >= 11 is 2.23. The molecule has 0 aliphatic carbocycles. The van der Waals surface area contributed by atoms with E-state index in [1.54, 1.807) is 31.2 Å². The number of nitrogens with zero attached hydrogens (tertiary/aromatic N) is 2. The van der Waals surface area contributed by atoms with Crippen LogP contribution in [0.25, 0.3) is 16.9 Å². The van der Waals surface area contributed by atoms with Crippen molar-refractivity contribution in [2.24, 2.45) is 0 Å². The lowest BCUT2D eigenvalue weighted by Gasteiger charge is -2.10. The Kier molecular flexibility index (Phi) is 6.22. The van der Waals surface area contributed by atoms with Gasteiger partial charge in [-0.25, -0.2) is 4.68 Å². The van der Waals surface area contributed by atoms with E-state index in [9.17, 15) is 4.79 Å². The molecule has 6 nitrogen and oxygen atoms in total. The summed E-state index contributed by atoms with van der Waals surface area (Å²) in [5.41, 5.74) is 3.33. The first-order valence-electron chi connectivity index (χ1n) is 9.53. The van der Waals surface area contributed by atoms with Crippen LogP contribution in [-0.4, -0.2) is 29.9 Å². The van der Waals surface area contributed by atoms with Gasteiger partial charge in [0, 0.05) is 21.0 Å². The second kappa shape index (κ2) is 9.22. The van der Waals surface area contributed by atoms with Crippen LogP contribution in [-0.2, 0) is 0 Å². The number of methoxy groups -OCH3 is 2. The van der Waals surface area contributed by atoms with Crippen LogP contribution in [0.3, 0.4) is 0 Å². The Labute approximate surface area is 194 Å². The molecule has 0 aliphatic rings. The van der Waals surface area contributed by atoms with E-state index in [1.807, 2.05) is 66.7 Å². The smallest absolute Gasteiger partial charge is 0.259 e. The van der Waals surface area contributed by atoms with Gasteiger partial charge in [-0.05, 0) is 77.2 Å². The Hall–Kier alpha value is -3.33. The van der Waals surface area contributed by atoms with Crippen molar-refractivity contribution in [3.63, 3.8) is 0 Å². The first-order chi connectivity index (χ1) is 15.1. The molecule has 3 aromatic carbocycles. The highest BCUT2D eigenvalue weighted by Crippen LogP contribution is 2.33. The van der Waals surface area contributed by atoms with Gasteiger partial charge in [0.25, 0.3) is 5.91 Å². The van der Waals surface area contributed by atoms with Crippen molar-refractivity contribution >= 4 is 34.2 Å². The Morgan fingerprint density at radius 2 is 1.65 bits per heavy atom. The van der Waals surface area contributed by atoms with Gasteiger partial charge in [0.15, 0.2) is 11.5 Å². The highest BCUT2D eigenvalue weighted by molar-refractivity contribution is 14.1. The fourth-order valence-corrected chi connectivity index (χ4v) is 3.54. The molecule has 1 amide bonds. The summed E-state index contributed by atoms with van der Waals surface area (Å²) < 4.78 is 13.6. The van der Waals surface area contributed by atoms with Crippen LogP contribution >= 0.6 is 22.6 Å². The van der Waals surface area contributed by atoms with Gasteiger partial charge in [-0.15, -0.1) is 0 Å². The average Bonchev–Trinajstić information content (AvgIpc) is 3.26. The molecule has 1 N–H and O–H groups in total. The summed E-state index contributed by atoms with van der Waals surface area (Å²) in [5, 5.41) is 7.68. The summed E-state index contributed by atoms with van der Waals surface area (Å²) in [6, 6.07) is 22.8. The maximum Gasteiger partial charge on any atom is 0.259 e. The maximum absolute atomic E-state index is 13.2. The minimum atomic E-state index is -0.242. The van der Waals surface area contributed by atoms with Gasteiger partial charge in [0.2, 0.25) is 0 Å². The van der Waals surface area contributed by atoms with Crippen molar-refractivity contribution in [1.82, 2.24) is 9.78 Å². The van der Waals surface area contributed by atoms with Gasteiger partial charge >= 0.3 is 0 Å². The second-order valence-corrected chi connectivity index (χ2v) is 7.95. The van der Waals surface area contributed by atoms with E-state index >= 15 is 0 Å². The van der Waals surface area contributed by atoms with Crippen molar-refractivity contribution in [3.8, 4) is 28.4 Å². The largest absolute Gasteiger partial charge is 0.493 e. The van der Waals surface area contributed by atoms with E-state index in [0.29, 0.717) is 22.8 Å². The number of amides is 1. The maximum atomic E-state index is 13.2. The number of rotatable bonds is 6. The summed E-state index contributed by atoms with van der Waals surface area (Å²) in [7, 11) is 3.16. The molecule has 0 bridgehead atoms. The van der Waals surface area contributed by atoms with E-state index in [0.717, 1.165) is 20.5 Å². The molecule has 4 rings (SSSR count). The molecular weight excluding hydrogens is 505 g/mol. The van der Waals surface area contributed by atoms with Gasteiger partial charge in [-0.1, -0.05) is 18.2 Å². The third kappa shape index (κ3) is 4.56. The quantitative estimate of drug-likeness (QED) is 0.342. The molecule has 0 atom stereocenters. The van der Waals surface area contributed by atoms with Gasteiger partial charge in [0.1, 0.15) is 5.69 Å². The summed E-state index contributed by atoms with van der Waals surface area (Å²) in [4.78, 5) is 13.2. The highest BCUT2D eigenvalue weighted by atomic mass is 127. The number of hydrogen-bond acceptors (Lipinski definition) is 4. The number of nitrogens with one attached hydrogen (secondary N) is 1. The molecular formula is C24H20IN3O3. The number of carbonyl (C=O) groups is 1. The standard InChI is InChI=1S/C24H20IN3O3/c1-30-21-13-8-16(14-22(21)31-2)23-20(15-28(27-23)19-6-4-3-5-7-19)24(29)26-18-11-9-17(25)10-12-18/h3-15H,1-2H3,(H,26,29). The minimum Gasteiger partial charge on any atom is -0.493 e. The zero-order chi connectivity index (χ0) is 21.8. The Balaban J connectivity index is 1.78. The number of para-hydroxylation sites is 1. The molecule has 0 unspecified atom stereocenters. The summed E-state index contributed by atoms with van der Waals surface area (Å²) in [5.74, 6) is 0.935. The molecule has 0 fully saturated rings. The van der Waals surface area contributed by atoms with Crippen LogP contribution in [0, 0.1) is 3.57 Å². The lowest BCUT2D eigenvalue weighted by atomic mass is 10.1. The predicted molar refractivity (Wildman–Crippen MR) is 129 cm³/mol. The van der Waals surface area contributed by atoms with E-state index in [2.05, 4.69) is 27.9 Å². The van der Waals surface area contributed by atoms with E-state index in [1.165, 1.54) is 0 Å². The fraction of sp³-hybridized carbons (Fsp3) is 0.0833. The zero-order valence-electron chi connectivity index (χ0n) is 17.0. The Morgan fingerprint density at radius 3 is 2.32 bits per heavy atom. The number of aromatic nitrogens is 2. The first-order valence-corrected chi connectivity index (χ1v) is 10.6. The monoisotopic (exact) mass is 525 g/mol. The van der Waals surface area contributed by atoms with Gasteiger partial charge in [-0.3, -0.25) is 4.79 Å². The van der Waals surface area contributed by atoms with Crippen LogP contribution in [0.5, 0.6) is 11.5 Å². The normalized spacial score (nSPS) is 10.5. The molecule has 0 aliphatic heterocycles. The van der Waals surface area contributed by atoms with Crippen molar-refractivity contribution < 1.29 is 14.3 Å². The lowest BCUT2D eigenvalue weighted by molar-refractivity contribution is 0.102. The molecule has 7 heteroatoms. The number of halogens is 1. The van der Waals surface area contributed by atoms with Crippen LogP contribution in [0.15, 0.2) is 79.0 Å². The molecule has 0 saturated heterocycles. The molecule has 0 spiro atoms. The number of anilines is 1. The van der Waals surface area contributed by atoms with Crippen molar-refractivity contribution in [3.05, 3.63) is 88.1 Å². The third-order valence-corrected chi connectivity index (χ3v) is 5.46. The van der Waals surface area contributed by atoms with Crippen molar-refractivity contribution in [2.45, 2.75) is 0 Å². The molecule has 1 aromatic heterocycles. The molecule has 0 saturated carbocycles. The van der Waals surface area contributed by atoms with Crippen molar-refractivity contribution in [2.75, 3.05) is 19.5 Å². The lowest BCUT2D eigenvalue weighted by Crippen LogP contribution is -2.12. The van der Waals surface area contributed by atoms with Gasteiger partial charge in [-0.2, -0.15) is 5.10 Å². The van der Waals surface area contributed by atoms with Crippen LogP contribution in [0.1, 0.15) is 10.4 Å². The highest BCUT2D eigenvalue weighted by Gasteiger charge is 2.20. The summed E-state index contributed by atoms with van der Waals surface area (Å²) in [6.07, 6.45) is 1.74. The number of benzene rings is 3. The van der Waals surface area contributed by atoms with E-state index in [-0.39, 0.29) is 5.91 Å². The zero-order valence-corrected chi connectivity index (χ0v) is 19.2. The molecule has 1 heterocycles. The fourth-order valence-electron chi connectivity index (χ4n) is 3.18. The van der Waals surface area contributed by atoms with E-state index < -0.39 is 0 Å². The Bertz CT molecular complexity index is 1200. The van der Waals surface area contributed by atoms with Crippen LogP contribution in [0.2, 0.25) is 0 Å². The minimum absolute atomic E-state index is 0.242. The van der Waals surface area contributed by atoms with Crippen molar-refractivity contribution in [1.29, 1.82) is 0 Å².